The number of anilines is 2. The van der Waals surface area contributed by atoms with Gasteiger partial charge in [-0.3, -0.25) is 0 Å². The van der Waals surface area contributed by atoms with Crippen LogP contribution in [0.15, 0.2) is 18.2 Å². The Bertz CT molecular complexity index is 361. The van der Waals surface area contributed by atoms with Crippen LogP contribution in [0, 0.1) is 9.49 Å². The Kier molecular flexibility index (Phi) is 3.95. The molecule has 1 aromatic carbocycles. The lowest BCUT2D eigenvalue weighted by Gasteiger charge is -2.25. The zero-order valence-electron chi connectivity index (χ0n) is 9.75. The average Bonchev–Trinajstić information content (AvgIpc) is 3.01. The second-order valence-electron chi connectivity index (χ2n) is 4.60. The van der Waals surface area contributed by atoms with Gasteiger partial charge in [0.2, 0.25) is 0 Å². The number of benzene rings is 1. The summed E-state index contributed by atoms with van der Waals surface area (Å²) in [6, 6.07) is 6.23. The third-order valence-electron chi connectivity index (χ3n) is 2.98. The van der Waals surface area contributed by atoms with Crippen LogP contribution in [0.3, 0.4) is 0 Å². The van der Waals surface area contributed by atoms with Gasteiger partial charge in [0.1, 0.15) is 0 Å². The lowest BCUT2D eigenvalue weighted by molar-refractivity contribution is 0.707. The Balaban J connectivity index is 2.15. The number of nitrogens with zero attached hydrogens (tertiary/aromatic N) is 1. The lowest BCUT2D eigenvalue weighted by atomic mass is 10.2. The molecule has 2 nitrogen and oxygen atoms in total. The fraction of sp³-hybridized carbons (Fsp3) is 0.538. The Hall–Kier alpha value is -0.450. The summed E-state index contributed by atoms with van der Waals surface area (Å²) in [5, 5.41) is 0. The summed E-state index contributed by atoms with van der Waals surface area (Å²) in [6.45, 7) is 4.61. The molecule has 1 saturated carbocycles. The molecule has 0 bridgehead atoms. The van der Waals surface area contributed by atoms with Crippen molar-refractivity contribution in [1.82, 2.24) is 0 Å². The van der Waals surface area contributed by atoms with Gasteiger partial charge in [0.05, 0.1) is 5.69 Å². The van der Waals surface area contributed by atoms with Crippen LogP contribution >= 0.6 is 22.6 Å². The van der Waals surface area contributed by atoms with E-state index in [0.717, 1.165) is 18.2 Å². The molecule has 0 radical (unpaired) electrons. The van der Waals surface area contributed by atoms with Gasteiger partial charge in [-0.25, -0.2) is 0 Å². The molecule has 0 heterocycles. The smallest absolute Gasteiger partial charge is 0.0503 e. The molecule has 0 amide bonds. The first kappa shape index (κ1) is 12.0. The highest BCUT2D eigenvalue weighted by Gasteiger charge is 2.24. The van der Waals surface area contributed by atoms with Crippen LogP contribution in [0.4, 0.5) is 11.4 Å². The molecule has 3 heteroatoms. The molecule has 0 aliphatic heterocycles. The second kappa shape index (κ2) is 5.25. The van der Waals surface area contributed by atoms with Crippen LogP contribution in [0.1, 0.15) is 26.2 Å². The van der Waals surface area contributed by atoms with Crippen LogP contribution in [-0.4, -0.2) is 13.1 Å². The Morgan fingerprint density at radius 3 is 2.75 bits per heavy atom. The van der Waals surface area contributed by atoms with E-state index in [4.69, 9.17) is 5.73 Å². The minimum absolute atomic E-state index is 0.857. The van der Waals surface area contributed by atoms with Gasteiger partial charge in [0.25, 0.3) is 0 Å². The third kappa shape index (κ3) is 3.03. The highest BCUT2D eigenvalue weighted by atomic mass is 127. The van der Waals surface area contributed by atoms with Crippen LogP contribution in [0.2, 0.25) is 0 Å². The quantitative estimate of drug-likeness (QED) is 0.661. The van der Waals surface area contributed by atoms with Crippen LogP contribution in [0.25, 0.3) is 0 Å². The summed E-state index contributed by atoms with van der Waals surface area (Å²) in [7, 11) is 0. The van der Waals surface area contributed by atoms with E-state index in [1.54, 1.807) is 0 Å². The highest BCUT2D eigenvalue weighted by molar-refractivity contribution is 14.1. The molecule has 0 spiro atoms. The first-order chi connectivity index (χ1) is 7.70. The summed E-state index contributed by atoms with van der Waals surface area (Å²) < 4.78 is 1.27. The third-order valence-corrected chi connectivity index (χ3v) is 3.85. The van der Waals surface area contributed by atoms with E-state index < -0.39 is 0 Å². The maximum absolute atomic E-state index is 5.79. The normalized spacial score (nSPS) is 15.1. The van der Waals surface area contributed by atoms with Gasteiger partial charge < -0.3 is 10.6 Å². The van der Waals surface area contributed by atoms with Crippen LogP contribution in [0.5, 0.6) is 0 Å². The SMILES string of the molecule is CCCN(CC1CC1)c1ccc(N)cc1I. The van der Waals surface area contributed by atoms with Gasteiger partial charge >= 0.3 is 0 Å². The molecule has 16 heavy (non-hydrogen) atoms. The van der Waals surface area contributed by atoms with Crippen molar-refractivity contribution in [2.24, 2.45) is 5.92 Å². The molecule has 2 N–H and O–H groups in total. The number of hydrogen-bond acceptors (Lipinski definition) is 2. The molecule has 1 aromatic rings. The summed E-state index contributed by atoms with van der Waals surface area (Å²) in [5.74, 6) is 0.930. The van der Waals surface area contributed by atoms with E-state index in [1.807, 2.05) is 6.07 Å². The summed E-state index contributed by atoms with van der Waals surface area (Å²) in [4.78, 5) is 2.51. The van der Waals surface area contributed by atoms with Gasteiger partial charge in [0, 0.05) is 22.3 Å². The van der Waals surface area contributed by atoms with Crippen molar-refractivity contribution in [2.45, 2.75) is 26.2 Å². The maximum Gasteiger partial charge on any atom is 0.0503 e. The number of rotatable bonds is 5. The van der Waals surface area contributed by atoms with E-state index in [9.17, 15) is 0 Å². The summed E-state index contributed by atoms with van der Waals surface area (Å²) >= 11 is 2.39. The van der Waals surface area contributed by atoms with Crippen molar-refractivity contribution in [1.29, 1.82) is 0 Å². The Labute approximate surface area is 111 Å². The molecule has 88 valence electrons. The molecule has 2 rings (SSSR count). The minimum Gasteiger partial charge on any atom is -0.399 e. The number of nitrogen functional groups attached to an aromatic ring is 1. The molecule has 1 fully saturated rings. The molecule has 0 unspecified atom stereocenters. The van der Waals surface area contributed by atoms with E-state index in [-0.39, 0.29) is 0 Å². The van der Waals surface area contributed by atoms with E-state index in [1.165, 1.54) is 35.1 Å². The average molecular weight is 330 g/mol. The standard InChI is InChI=1S/C13H19IN2/c1-2-7-16(9-10-3-4-10)13-6-5-11(15)8-12(13)14/h5-6,8,10H,2-4,7,9,15H2,1H3. The second-order valence-corrected chi connectivity index (χ2v) is 5.76. The molecule has 1 aliphatic rings. The molecule has 0 aromatic heterocycles. The zero-order valence-corrected chi connectivity index (χ0v) is 11.9. The van der Waals surface area contributed by atoms with E-state index in [2.05, 4.69) is 46.5 Å². The van der Waals surface area contributed by atoms with Crippen molar-refractivity contribution < 1.29 is 0 Å². The van der Waals surface area contributed by atoms with Crippen molar-refractivity contribution in [3.63, 3.8) is 0 Å². The largest absolute Gasteiger partial charge is 0.399 e. The molecular weight excluding hydrogens is 311 g/mol. The first-order valence-electron chi connectivity index (χ1n) is 6.00. The summed E-state index contributed by atoms with van der Waals surface area (Å²) in [5.41, 5.74) is 8.00. The van der Waals surface area contributed by atoms with Gasteiger partial charge in [-0.15, -0.1) is 0 Å². The van der Waals surface area contributed by atoms with Gasteiger partial charge in [-0.2, -0.15) is 0 Å². The molecule has 0 saturated heterocycles. The topological polar surface area (TPSA) is 29.3 Å². The van der Waals surface area contributed by atoms with Gasteiger partial charge in [0.15, 0.2) is 0 Å². The Morgan fingerprint density at radius 2 is 2.19 bits per heavy atom. The van der Waals surface area contributed by atoms with Crippen molar-refractivity contribution in [2.75, 3.05) is 23.7 Å². The van der Waals surface area contributed by atoms with Gasteiger partial charge in [-0.05, 0) is 66.0 Å². The van der Waals surface area contributed by atoms with Crippen LogP contribution in [-0.2, 0) is 0 Å². The molecule has 0 atom stereocenters. The zero-order chi connectivity index (χ0) is 11.5. The van der Waals surface area contributed by atoms with E-state index >= 15 is 0 Å². The molecular formula is C13H19IN2. The van der Waals surface area contributed by atoms with Gasteiger partial charge in [-0.1, -0.05) is 6.92 Å². The first-order valence-corrected chi connectivity index (χ1v) is 7.08. The lowest BCUT2D eigenvalue weighted by Crippen LogP contribution is -2.27. The molecule has 1 aliphatic carbocycles. The fourth-order valence-corrected chi connectivity index (χ4v) is 2.85. The maximum atomic E-state index is 5.79. The van der Waals surface area contributed by atoms with Crippen LogP contribution < -0.4 is 10.6 Å². The fourth-order valence-electron chi connectivity index (χ4n) is 1.97. The Morgan fingerprint density at radius 1 is 1.44 bits per heavy atom. The number of halogens is 1. The predicted octanol–water partition coefficient (Wildman–Crippen LogP) is 3.50. The van der Waals surface area contributed by atoms with E-state index in [0.29, 0.717) is 0 Å². The monoisotopic (exact) mass is 330 g/mol. The summed E-state index contributed by atoms with van der Waals surface area (Å²) in [6.07, 6.45) is 4.02. The van der Waals surface area contributed by atoms with Crippen molar-refractivity contribution >= 4 is 34.0 Å². The number of nitrogens with two attached hydrogens (primary N) is 1. The van der Waals surface area contributed by atoms with Crippen molar-refractivity contribution in [3.05, 3.63) is 21.8 Å². The predicted molar refractivity (Wildman–Crippen MR) is 78.8 cm³/mol. The van der Waals surface area contributed by atoms with Crippen molar-refractivity contribution in [3.8, 4) is 0 Å². The highest BCUT2D eigenvalue weighted by Crippen LogP contribution is 2.33. The minimum atomic E-state index is 0.857. The number of hydrogen-bond donors (Lipinski definition) is 1.